The van der Waals surface area contributed by atoms with Crippen LogP contribution in [-0.2, 0) is 10.1 Å². The van der Waals surface area contributed by atoms with E-state index < -0.39 is 16.1 Å². The number of carbonyl (C=O) groups excluding carboxylic acids is 1. The van der Waals surface area contributed by atoms with E-state index in [1.54, 1.807) is 6.07 Å². The molecule has 1 N–H and O–H groups in total. The second kappa shape index (κ2) is 9.43. The van der Waals surface area contributed by atoms with Crippen molar-refractivity contribution < 1.29 is 22.5 Å². The van der Waals surface area contributed by atoms with Gasteiger partial charge in [-0.05, 0) is 122 Å². The Kier molecular flexibility index (Phi) is 7.64. The number of esters is 1. The van der Waals surface area contributed by atoms with E-state index in [1.807, 2.05) is 12.1 Å². The molecule has 0 bridgehead atoms. The van der Waals surface area contributed by atoms with Crippen LogP contribution in [0, 0.1) is 10.7 Å². The Hall–Kier alpha value is 0.01000. The molecule has 2 aromatic rings. The molecule has 0 atom stereocenters. The quantitative estimate of drug-likeness (QED) is 0.137. The van der Waals surface area contributed by atoms with Crippen molar-refractivity contribution >= 4 is 83.9 Å². The standard InChI is InChI=1S/C19H17I3O5S/c20-14-7-8-15(21)18(17(14)22)27-19(23)12-6-9-16(28(24,25)26)13(10-12)11-4-2-1-3-5-11/h6-11H,1-5H2,(H,24,25,26). The van der Waals surface area contributed by atoms with Gasteiger partial charge in [-0.25, -0.2) is 4.79 Å². The largest absolute Gasteiger partial charge is 0.421 e. The summed E-state index contributed by atoms with van der Waals surface area (Å²) in [6.45, 7) is 0. The Morgan fingerprint density at radius 3 is 2.29 bits per heavy atom. The molecule has 0 saturated heterocycles. The van der Waals surface area contributed by atoms with Gasteiger partial charge < -0.3 is 4.74 Å². The number of benzene rings is 2. The van der Waals surface area contributed by atoms with Gasteiger partial charge >= 0.3 is 5.97 Å². The van der Waals surface area contributed by atoms with Gasteiger partial charge in [-0.2, -0.15) is 8.42 Å². The molecule has 1 aliphatic carbocycles. The van der Waals surface area contributed by atoms with Gasteiger partial charge in [0.2, 0.25) is 0 Å². The molecule has 0 spiro atoms. The fraction of sp³-hybridized carbons (Fsp3) is 0.316. The molecule has 0 radical (unpaired) electrons. The summed E-state index contributed by atoms with van der Waals surface area (Å²) in [6.07, 6.45) is 4.80. The summed E-state index contributed by atoms with van der Waals surface area (Å²) in [5.41, 5.74) is 0.780. The number of rotatable bonds is 4. The van der Waals surface area contributed by atoms with Crippen LogP contribution >= 0.6 is 67.8 Å². The fourth-order valence-electron chi connectivity index (χ4n) is 3.40. The third kappa shape index (κ3) is 5.19. The molecule has 0 aliphatic heterocycles. The van der Waals surface area contributed by atoms with Crippen molar-refractivity contribution in [3.63, 3.8) is 0 Å². The van der Waals surface area contributed by atoms with E-state index in [0.717, 1.165) is 42.8 Å². The van der Waals surface area contributed by atoms with Crippen molar-refractivity contribution in [3.8, 4) is 5.75 Å². The van der Waals surface area contributed by atoms with Crippen molar-refractivity contribution in [2.75, 3.05) is 0 Å². The molecule has 1 aliphatic rings. The number of ether oxygens (including phenoxy) is 1. The third-order valence-corrected chi connectivity index (χ3v) is 9.54. The van der Waals surface area contributed by atoms with Gasteiger partial charge in [0, 0.05) is 3.57 Å². The van der Waals surface area contributed by atoms with Gasteiger partial charge in [-0.3, -0.25) is 4.55 Å². The van der Waals surface area contributed by atoms with Gasteiger partial charge in [0.05, 0.1) is 17.6 Å². The predicted octanol–water partition coefficient (Wildman–Crippen LogP) is 6.01. The normalized spacial score (nSPS) is 15.4. The molecule has 0 amide bonds. The van der Waals surface area contributed by atoms with Crippen LogP contribution in [-0.4, -0.2) is 18.9 Å². The lowest BCUT2D eigenvalue weighted by Crippen LogP contribution is -2.15. The molecule has 0 heterocycles. The predicted molar refractivity (Wildman–Crippen MR) is 132 cm³/mol. The van der Waals surface area contributed by atoms with Gasteiger partial charge in [-0.15, -0.1) is 0 Å². The zero-order valence-corrected chi connectivity index (χ0v) is 21.9. The van der Waals surface area contributed by atoms with E-state index in [4.69, 9.17) is 4.74 Å². The summed E-state index contributed by atoms with van der Waals surface area (Å²) in [5, 5.41) is 0. The molecule has 2 aromatic carbocycles. The molecule has 150 valence electrons. The summed E-state index contributed by atoms with van der Waals surface area (Å²) < 4.78 is 41.6. The van der Waals surface area contributed by atoms with E-state index >= 15 is 0 Å². The summed E-state index contributed by atoms with van der Waals surface area (Å²) >= 11 is 6.43. The number of carbonyl (C=O) groups is 1. The SMILES string of the molecule is O=C(Oc1c(I)ccc(I)c1I)c1ccc(S(=O)(=O)O)c(C2CCCCC2)c1. The number of hydrogen-bond acceptors (Lipinski definition) is 4. The zero-order chi connectivity index (χ0) is 20.5. The maximum Gasteiger partial charge on any atom is 0.343 e. The fourth-order valence-corrected chi connectivity index (χ4v) is 6.24. The van der Waals surface area contributed by atoms with E-state index in [1.165, 1.54) is 12.1 Å². The summed E-state index contributed by atoms with van der Waals surface area (Å²) in [6, 6.07) is 8.09. The molecule has 3 rings (SSSR count). The Morgan fingerprint density at radius 2 is 1.64 bits per heavy atom. The Bertz CT molecular complexity index is 1010. The number of hydrogen-bond donors (Lipinski definition) is 1. The minimum atomic E-state index is -4.36. The first-order valence-electron chi connectivity index (χ1n) is 8.65. The van der Waals surface area contributed by atoms with E-state index in [0.29, 0.717) is 11.3 Å². The van der Waals surface area contributed by atoms with Gasteiger partial charge in [0.15, 0.2) is 5.75 Å². The Labute approximate surface area is 205 Å². The topological polar surface area (TPSA) is 80.7 Å². The molecular weight excluding hydrogens is 721 g/mol. The minimum absolute atomic E-state index is 0.0105. The monoisotopic (exact) mass is 738 g/mol. The van der Waals surface area contributed by atoms with Crippen LogP contribution in [0.25, 0.3) is 0 Å². The second-order valence-corrected chi connectivity index (χ2v) is 11.4. The van der Waals surface area contributed by atoms with E-state index in [2.05, 4.69) is 67.8 Å². The smallest absolute Gasteiger partial charge is 0.343 e. The molecule has 9 heteroatoms. The highest BCUT2D eigenvalue weighted by molar-refractivity contribution is 14.1. The lowest BCUT2D eigenvalue weighted by atomic mass is 9.83. The lowest BCUT2D eigenvalue weighted by Gasteiger charge is -2.24. The number of halogens is 3. The first kappa shape index (κ1) is 22.7. The van der Waals surface area contributed by atoms with Crippen molar-refractivity contribution in [1.29, 1.82) is 0 Å². The van der Waals surface area contributed by atoms with E-state index in [9.17, 15) is 17.8 Å². The maximum atomic E-state index is 12.8. The van der Waals surface area contributed by atoms with Crippen LogP contribution in [0.2, 0.25) is 0 Å². The molecule has 1 fully saturated rings. The van der Waals surface area contributed by atoms with Crippen LogP contribution in [0.3, 0.4) is 0 Å². The van der Waals surface area contributed by atoms with Gasteiger partial charge in [0.1, 0.15) is 0 Å². The zero-order valence-electron chi connectivity index (χ0n) is 14.6. The summed E-state index contributed by atoms with van der Waals surface area (Å²) in [5.74, 6) is -0.0377. The second-order valence-electron chi connectivity index (χ2n) is 6.62. The lowest BCUT2D eigenvalue weighted by molar-refractivity contribution is 0.0731. The van der Waals surface area contributed by atoms with Gasteiger partial charge in [0.25, 0.3) is 10.1 Å². The molecule has 1 saturated carbocycles. The molecule has 0 unspecified atom stereocenters. The molecule has 0 aromatic heterocycles. The van der Waals surface area contributed by atoms with Crippen LogP contribution < -0.4 is 4.74 Å². The Balaban J connectivity index is 1.98. The summed E-state index contributed by atoms with van der Waals surface area (Å²) in [4.78, 5) is 12.7. The van der Waals surface area contributed by atoms with Crippen LogP contribution in [0.15, 0.2) is 35.2 Å². The Morgan fingerprint density at radius 1 is 1.00 bits per heavy atom. The average molecular weight is 738 g/mol. The van der Waals surface area contributed by atoms with Gasteiger partial charge in [-0.1, -0.05) is 19.3 Å². The van der Waals surface area contributed by atoms with Crippen molar-refractivity contribution in [2.45, 2.75) is 42.9 Å². The minimum Gasteiger partial charge on any atom is -0.421 e. The maximum absolute atomic E-state index is 12.8. The summed E-state index contributed by atoms with van der Waals surface area (Å²) in [7, 11) is -4.36. The highest BCUT2D eigenvalue weighted by Gasteiger charge is 2.26. The molecule has 28 heavy (non-hydrogen) atoms. The van der Waals surface area contributed by atoms with Crippen molar-refractivity contribution in [3.05, 3.63) is 52.2 Å². The highest BCUT2D eigenvalue weighted by Crippen LogP contribution is 2.37. The highest BCUT2D eigenvalue weighted by atomic mass is 127. The van der Waals surface area contributed by atoms with E-state index in [-0.39, 0.29) is 16.4 Å². The van der Waals surface area contributed by atoms with Crippen LogP contribution in [0.1, 0.15) is 53.9 Å². The van der Waals surface area contributed by atoms with Crippen LogP contribution in [0.4, 0.5) is 0 Å². The van der Waals surface area contributed by atoms with Crippen LogP contribution in [0.5, 0.6) is 5.75 Å². The molecule has 5 nitrogen and oxygen atoms in total. The average Bonchev–Trinajstić information content (AvgIpc) is 2.67. The molecular formula is C19H17I3O5S. The van der Waals surface area contributed by atoms with Crippen molar-refractivity contribution in [2.24, 2.45) is 0 Å². The third-order valence-electron chi connectivity index (χ3n) is 4.77. The van der Waals surface area contributed by atoms with Crippen molar-refractivity contribution in [1.82, 2.24) is 0 Å². The first-order valence-corrected chi connectivity index (χ1v) is 13.3. The first-order chi connectivity index (χ1) is 13.2.